The fourth-order valence-corrected chi connectivity index (χ4v) is 7.66. The van der Waals surface area contributed by atoms with Gasteiger partial charge in [-0.05, 0) is 73.7 Å². The van der Waals surface area contributed by atoms with E-state index in [4.69, 9.17) is 4.74 Å². The first-order valence-electron chi connectivity index (χ1n) is 17.1. The summed E-state index contributed by atoms with van der Waals surface area (Å²) < 4.78 is 6.04. The second-order valence-corrected chi connectivity index (χ2v) is 13.5. The maximum atomic E-state index is 14.0. The standard InChI is InChI=1S/C35H47BN5O6/c1-23-19-24(20-29(36-2)32(23)43)21-31(33(44)38-13-8-26(9-14-38)40-17-12-28(42)22-40)47-35(46)39-15-10-27(11-16-39)41-18-7-25-5-3-4-6-30(25)37-34(41)45/h3-6,19-20,26-28,31,42-43H,7-18,21-22H2,1-2H3,(H,37,45)/t28?,31-/m1/s1. The van der Waals surface area contributed by atoms with Crippen molar-refractivity contribution in [2.24, 2.45) is 0 Å². The molecule has 4 heterocycles. The average molecular weight is 645 g/mol. The van der Waals surface area contributed by atoms with Gasteiger partial charge in [0.15, 0.2) is 13.4 Å². The molecule has 1 unspecified atom stereocenters. The number of β-amino-alcohol motifs (C(OH)–C–C–N with tert-alkyl or cyclic N) is 1. The Morgan fingerprint density at radius 1 is 0.979 bits per heavy atom. The number of hydrogen-bond acceptors (Lipinski definition) is 7. The highest BCUT2D eigenvalue weighted by atomic mass is 16.6. The average Bonchev–Trinajstić information content (AvgIpc) is 3.44. The fourth-order valence-electron chi connectivity index (χ4n) is 7.66. The molecule has 0 aromatic heterocycles. The first-order chi connectivity index (χ1) is 22.7. The summed E-state index contributed by atoms with van der Waals surface area (Å²) in [5.41, 5.74) is 4.15. The van der Waals surface area contributed by atoms with Gasteiger partial charge in [-0.2, -0.15) is 0 Å². The third kappa shape index (κ3) is 7.54. The molecule has 2 atom stereocenters. The third-order valence-electron chi connectivity index (χ3n) is 10.4. The summed E-state index contributed by atoms with van der Waals surface area (Å²) >= 11 is 0. The molecule has 47 heavy (non-hydrogen) atoms. The molecule has 12 heteroatoms. The van der Waals surface area contributed by atoms with Gasteiger partial charge in [-0.1, -0.05) is 37.2 Å². The van der Waals surface area contributed by atoms with Crippen LogP contribution in [0.2, 0.25) is 6.82 Å². The van der Waals surface area contributed by atoms with Crippen LogP contribution >= 0.6 is 0 Å². The highest BCUT2D eigenvalue weighted by Gasteiger charge is 2.37. The fraction of sp³-hybridized carbons (Fsp3) is 0.571. The minimum Gasteiger partial charge on any atom is -0.508 e. The lowest BCUT2D eigenvalue weighted by Gasteiger charge is -2.39. The van der Waals surface area contributed by atoms with E-state index in [-0.39, 0.29) is 36.3 Å². The number of carbonyl (C=O) groups excluding carboxylic acids is 3. The van der Waals surface area contributed by atoms with Crippen molar-refractivity contribution in [3.05, 3.63) is 53.1 Å². The SMILES string of the molecule is C[B]c1cc(C[C@@H](OC(=O)N2CCC(N3CCc4ccccc4NC3=O)CC2)C(=O)N2CCC(N3CCC(O)C3)CC2)cc(C)c1O. The number of para-hydroxylation sites is 1. The maximum Gasteiger partial charge on any atom is 0.410 e. The zero-order valence-electron chi connectivity index (χ0n) is 27.6. The van der Waals surface area contributed by atoms with Crippen molar-refractivity contribution in [2.45, 2.75) is 83.0 Å². The van der Waals surface area contributed by atoms with Crippen LogP contribution in [0.4, 0.5) is 15.3 Å². The lowest BCUT2D eigenvalue weighted by Crippen LogP contribution is -2.52. The number of piperidine rings is 2. The van der Waals surface area contributed by atoms with Crippen LogP contribution in [0.3, 0.4) is 0 Å². The van der Waals surface area contributed by atoms with Gasteiger partial charge in [-0.15, -0.1) is 0 Å². The predicted octanol–water partition coefficient (Wildman–Crippen LogP) is 2.74. The van der Waals surface area contributed by atoms with Gasteiger partial charge in [0.05, 0.1) is 6.10 Å². The second kappa shape index (κ2) is 14.6. The van der Waals surface area contributed by atoms with Crippen molar-refractivity contribution in [3.63, 3.8) is 0 Å². The van der Waals surface area contributed by atoms with E-state index < -0.39 is 12.2 Å². The van der Waals surface area contributed by atoms with E-state index in [1.807, 2.05) is 67.2 Å². The molecule has 4 aliphatic heterocycles. The smallest absolute Gasteiger partial charge is 0.410 e. The highest BCUT2D eigenvalue weighted by Crippen LogP contribution is 2.27. The Kier molecular flexibility index (Phi) is 10.3. The number of carbonyl (C=O) groups is 3. The Labute approximate surface area is 278 Å². The first kappa shape index (κ1) is 33.1. The van der Waals surface area contributed by atoms with Gasteiger partial charge in [-0.3, -0.25) is 9.69 Å². The number of nitrogens with zero attached hydrogens (tertiary/aromatic N) is 4. The van der Waals surface area contributed by atoms with Crippen LogP contribution in [0.5, 0.6) is 5.75 Å². The number of benzene rings is 2. The Morgan fingerprint density at radius 2 is 1.68 bits per heavy atom. The maximum absolute atomic E-state index is 14.0. The van der Waals surface area contributed by atoms with Crippen LogP contribution < -0.4 is 10.8 Å². The van der Waals surface area contributed by atoms with Crippen LogP contribution in [-0.2, 0) is 22.4 Å². The number of anilines is 1. The Bertz CT molecular complexity index is 1460. The van der Waals surface area contributed by atoms with Gasteiger partial charge >= 0.3 is 12.1 Å². The van der Waals surface area contributed by atoms with E-state index in [9.17, 15) is 24.6 Å². The number of aliphatic hydroxyl groups excluding tert-OH is 1. The molecule has 1 radical (unpaired) electrons. The number of aliphatic hydroxyl groups is 1. The summed E-state index contributed by atoms with van der Waals surface area (Å²) in [7, 11) is 1.82. The van der Waals surface area contributed by atoms with Crippen molar-refractivity contribution in [1.29, 1.82) is 0 Å². The van der Waals surface area contributed by atoms with Gasteiger partial charge in [0.1, 0.15) is 5.75 Å². The quantitative estimate of drug-likeness (QED) is 0.396. The summed E-state index contributed by atoms with van der Waals surface area (Å²) in [5, 5.41) is 23.5. The lowest BCUT2D eigenvalue weighted by atomic mass is 9.71. The zero-order valence-corrected chi connectivity index (χ0v) is 27.6. The van der Waals surface area contributed by atoms with Gasteiger partial charge < -0.3 is 35.0 Å². The Hall–Kier alpha value is -3.77. The van der Waals surface area contributed by atoms with E-state index in [0.29, 0.717) is 69.2 Å². The normalized spacial score (nSPS) is 22.0. The number of phenolic OH excluding ortho intramolecular Hbond substituents is 1. The predicted molar refractivity (Wildman–Crippen MR) is 180 cm³/mol. The van der Waals surface area contributed by atoms with Crippen LogP contribution in [0, 0.1) is 6.92 Å². The van der Waals surface area contributed by atoms with Gasteiger partial charge in [-0.25, -0.2) is 9.59 Å². The number of aromatic hydroxyl groups is 1. The molecule has 0 spiro atoms. The van der Waals surface area contributed by atoms with Crippen LogP contribution in [0.25, 0.3) is 0 Å². The molecular weight excluding hydrogens is 597 g/mol. The number of amides is 4. The van der Waals surface area contributed by atoms with E-state index in [1.54, 1.807) is 4.90 Å². The summed E-state index contributed by atoms with van der Waals surface area (Å²) in [5.74, 6) is -0.00299. The molecule has 3 saturated heterocycles. The van der Waals surface area contributed by atoms with Crippen molar-refractivity contribution >= 4 is 36.5 Å². The molecule has 2 aromatic carbocycles. The number of ether oxygens (including phenoxy) is 1. The van der Waals surface area contributed by atoms with Gasteiger partial charge in [0.25, 0.3) is 5.91 Å². The molecule has 0 aliphatic carbocycles. The third-order valence-corrected chi connectivity index (χ3v) is 10.4. The van der Waals surface area contributed by atoms with E-state index >= 15 is 0 Å². The van der Waals surface area contributed by atoms with E-state index in [1.165, 1.54) is 0 Å². The molecule has 0 saturated carbocycles. The molecular formula is C35H47BN5O6. The number of hydrogen-bond donors (Lipinski definition) is 3. The lowest BCUT2D eigenvalue weighted by molar-refractivity contribution is -0.142. The van der Waals surface area contributed by atoms with Gasteiger partial charge in [0.2, 0.25) is 0 Å². The number of rotatable bonds is 7. The summed E-state index contributed by atoms with van der Waals surface area (Å²) in [6.07, 6.45) is 2.85. The highest BCUT2D eigenvalue weighted by molar-refractivity contribution is 6.53. The molecule has 3 N–H and O–H groups in total. The molecule has 0 bridgehead atoms. The molecule has 4 amide bonds. The Balaban J connectivity index is 1.10. The molecule has 2 aromatic rings. The number of aryl methyl sites for hydroxylation is 1. The largest absolute Gasteiger partial charge is 0.508 e. The molecule has 11 nitrogen and oxygen atoms in total. The van der Waals surface area contributed by atoms with E-state index in [0.717, 1.165) is 49.0 Å². The zero-order chi connectivity index (χ0) is 33.1. The van der Waals surface area contributed by atoms with E-state index in [2.05, 4.69) is 10.2 Å². The van der Waals surface area contributed by atoms with Crippen molar-refractivity contribution < 1.29 is 29.3 Å². The number of urea groups is 1. The summed E-state index contributed by atoms with van der Waals surface area (Å²) in [6.45, 7) is 7.85. The van der Waals surface area contributed by atoms with Crippen molar-refractivity contribution in [1.82, 2.24) is 19.6 Å². The molecule has 4 aliphatic rings. The minimum absolute atomic E-state index is 0.00694. The summed E-state index contributed by atoms with van der Waals surface area (Å²) in [6, 6.07) is 11.8. The number of likely N-dealkylation sites (tertiary alicyclic amines) is 3. The second-order valence-electron chi connectivity index (χ2n) is 13.5. The molecule has 6 rings (SSSR count). The number of phenols is 1. The molecule has 3 fully saturated rings. The number of fused-ring (bicyclic) bond motifs is 1. The first-order valence-corrected chi connectivity index (χ1v) is 17.1. The molecule has 251 valence electrons. The Morgan fingerprint density at radius 3 is 2.38 bits per heavy atom. The topological polar surface area (TPSA) is 126 Å². The van der Waals surface area contributed by atoms with Crippen molar-refractivity contribution in [3.8, 4) is 5.75 Å². The van der Waals surface area contributed by atoms with Crippen LogP contribution in [-0.4, -0.2) is 125 Å². The van der Waals surface area contributed by atoms with Crippen molar-refractivity contribution in [2.75, 3.05) is 51.1 Å². The van der Waals surface area contributed by atoms with Crippen LogP contribution in [0.1, 0.15) is 48.8 Å². The van der Waals surface area contributed by atoms with Crippen LogP contribution in [0.15, 0.2) is 36.4 Å². The van der Waals surface area contributed by atoms with Gasteiger partial charge in [0, 0.05) is 70.0 Å². The number of nitrogens with one attached hydrogen (secondary N) is 1. The monoisotopic (exact) mass is 644 g/mol. The summed E-state index contributed by atoms with van der Waals surface area (Å²) in [4.78, 5) is 48.3. The minimum atomic E-state index is -1.01.